The molecule has 0 saturated heterocycles. The van der Waals surface area contributed by atoms with E-state index in [4.69, 9.17) is 5.11 Å². The summed E-state index contributed by atoms with van der Waals surface area (Å²) in [6, 6.07) is 3.33. The van der Waals surface area contributed by atoms with Gasteiger partial charge in [-0.1, -0.05) is 0 Å². The summed E-state index contributed by atoms with van der Waals surface area (Å²) in [5.41, 5.74) is 3.44. The highest BCUT2D eigenvalue weighted by Crippen LogP contribution is 2.16. The highest BCUT2D eigenvalue weighted by atomic mass is 32.1. The van der Waals surface area contributed by atoms with E-state index in [-0.39, 0.29) is 0 Å². The Bertz CT molecular complexity index is 344. The molecule has 0 bridgehead atoms. The summed E-state index contributed by atoms with van der Waals surface area (Å²) >= 11 is 1.22. The number of aromatic carboxylic acids is 1. The number of hydrogen-bond acceptors (Lipinski definition) is 4. The van der Waals surface area contributed by atoms with Crippen LogP contribution in [0.3, 0.4) is 0 Å². The standard InChI is InChI=1S/C8H10N2O2S/c1-5(10-9-2)6-3-4-7(13-6)8(11)12/h3-4,9H,1-2H3,(H,11,12)/b10-5-. The summed E-state index contributed by atoms with van der Waals surface area (Å²) < 4.78 is 0. The molecule has 2 N–H and O–H groups in total. The fraction of sp³-hybridized carbons (Fsp3) is 0.250. The first-order valence-electron chi connectivity index (χ1n) is 3.69. The van der Waals surface area contributed by atoms with Crippen molar-refractivity contribution in [2.24, 2.45) is 5.10 Å². The van der Waals surface area contributed by atoms with Crippen molar-refractivity contribution in [2.45, 2.75) is 6.92 Å². The Labute approximate surface area is 79.9 Å². The topological polar surface area (TPSA) is 61.7 Å². The Hall–Kier alpha value is -1.36. The van der Waals surface area contributed by atoms with Crippen molar-refractivity contribution in [2.75, 3.05) is 7.05 Å². The van der Waals surface area contributed by atoms with Crippen LogP contribution in [0.25, 0.3) is 0 Å². The fourth-order valence-corrected chi connectivity index (χ4v) is 1.66. The van der Waals surface area contributed by atoms with Crippen LogP contribution < -0.4 is 5.43 Å². The number of carboxylic acid groups (broad SMARTS) is 1. The van der Waals surface area contributed by atoms with Gasteiger partial charge in [0.15, 0.2) is 0 Å². The number of hydrazone groups is 1. The third-order valence-electron chi connectivity index (χ3n) is 1.45. The lowest BCUT2D eigenvalue weighted by Gasteiger charge is -1.93. The second-order valence-electron chi connectivity index (χ2n) is 2.39. The van der Waals surface area contributed by atoms with E-state index in [1.165, 1.54) is 11.3 Å². The van der Waals surface area contributed by atoms with Crippen LogP contribution in [0.15, 0.2) is 17.2 Å². The van der Waals surface area contributed by atoms with E-state index < -0.39 is 5.97 Å². The molecule has 0 amide bonds. The van der Waals surface area contributed by atoms with Gasteiger partial charge in [0.2, 0.25) is 0 Å². The van der Waals surface area contributed by atoms with Gasteiger partial charge in [0.25, 0.3) is 0 Å². The second kappa shape index (κ2) is 4.04. The average molecular weight is 198 g/mol. The number of hydrogen-bond donors (Lipinski definition) is 2. The molecule has 0 aliphatic carbocycles. The Morgan fingerprint density at radius 3 is 2.62 bits per heavy atom. The largest absolute Gasteiger partial charge is 0.477 e. The van der Waals surface area contributed by atoms with Crippen molar-refractivity contribution in [3.63, 3.8) is 0 Å². The van der Waals surface area contributed by atoms with Crippen molar-refractivity contribution in [1.82, 2.24) is 5.43 Å². The van der Waals surface area contributed by atoms with Crippen molar-refractivity contribution >= 4 is 23.0 Å². The van der Waals surface area contributed by atoms with Gasteiger partial charge in [0, 0.05) is 7.05 Å². The van der Waals surface area contributed by atoms with Crippen LogP contribution in [0, 0.1) is 0 Å². The molecule has 1 rings (SSSR count). The van der Waals surface area contributed by atoms with Gasteiger partial charge in [0.1, 0.15) is 4.88 Å². The molecule has 0 saturated carbocycles. The maximum atomic E-state index is 10.5. The van der Waals surface area contributed by atoms with Crippen molar-refractivity contribution < 1.29 is 9.90 Å². The molecular weight excluding hydrogens is 188 g/mol. The number of carbonyl (C=O) groups is 1. The summed E-state index contributed by atoms with van der Waals surface area (Å²) in [5.74, 6) is -0.895. The van der Waals surface area contributed by atoms with E-state index in [0.717, 1.165) is 10.6 Å². The molecule has 0 aromatic carbocycles. The number of nitrogens with one attached hydrogen (secondary N) is 1. The lowest BCUT2D eigenvalue weighted by Crippen LogP contribution is -2.01. The lowest BCUT2D eigenvalue weighted by atomic mass is 10.3. The molecular formula is C8H10N2O2S. The molecule has 0 aliphatic heterocycles. The molecule has 13 heavy (non-hydrogen) atoms. The van der Waals surface area contributed by atoms with Gasteiger partial charge < -0.3 is 10.5 Å². The van der Waals surface area contributed by atoms with Gasteiger partial charge in [-0.05, 0) is 19.1 Å². The van der Waals surface area contributed by atoms with Crippen LogP contribution >= 0.6 is 11.3 Å². The Kier molecular flexibility index (Phi) is 3.02. The van der Waals surface area contributed by atoms with Gasteiger partial charge in [-0.2, -0.15) is 5.10 Å². The molecule has 1 heterocycles. The highest BCUT2D eigenvalue weighted by Gasteiger charge is 2.08. The first-order valence-corrected chi connectivity index (χ1v) is 4.51. The maximum Gasteiger partial charge on any atom is 0.345 e. The number of rotatable bonds is 3. The lowest BCUT2D eigenvalue weighted by molar-refractivity contribution is 0.0702. The molecule has 5 heteroatoms. The normalized spacial score (nSPS) is 11.4. The molecule has 1 aromatic rings. The molecule has 70 valence electrons. The minimum absolute atomic E-state index is 0.334. The summed E-state index contributed by atoms with van der Waals surface area (Å²) in [4.78, 5) is 11.8. The monoisotopic (exact) mass is 198 g/mol. The van der Waals surface area contributed by atoms with Crippen molar-refractivity contribution in [3.8, 4) is 0 Å². The van der Waals surface area contributed by atoms with Gasteiger partial charge in [-0.15, -0.1) is 11.3 Å². The zero-order valence-electron chi connectivity index (χ0n) is 7.37. The molecule has 0 aliphatic rings. The number of thiophene rings is 1. The van der Waals surface area contributed by atoms with Gasteiger partial charge in [0.05, 0.1) is 10.6 Å². The van der Waals surface area contributed by atoms with Gasteiger partial charge in [-0.25, -0.2) is 4.79 Å². The smallest absolute Gasteiger partial charge is 0.345 e. The molecule has 0 spiro atoms. The summed E-state index contributed by atoms with van der Waals surface area (Å²) in [6.45, 7) is 1.83. The van der Waals surface area contributed by atoms with E-state index in [2.05, 4.69) is 10.5 Å². The number of carboxylic acids is 1. The average Bonchev–Trinajstić information content (AvgIpc) is 2.52. The van der Waals surface area contributed by atoms with Gasteiger partial charge in [-0.3, -0.25) is 0 Å². The summed E-state index contributed by atoms with van der Waals surface area (Å²) in [5, 5.41) is 12.6. The van der Waals surface area contributed by atoms with Crippen LogP contribution in [0.1, 0.15) is 21.5 Å². The first kappa shape index (κ1) is 9.73. The molecule has 0 unspecified atom stereocenters. The molecule has 0 atom stereocenters. The van der Waals surface area contributed by atoms with E-state index >= 15 is 0 Å². The predicted molar refractivity (Wildman–Crippen MR) is 52.5 cm³/mol. The van der Waals surface area contributed by atoms with Crippen LogP contribution in [0.5, 0.6) is 0 Å². The van der Waals surface area contributed by atoms with E-state index in [1.54, 1.807) is 19.2 Å². The minimum Gasteiger partial charge on any atom is -0.477 e. The van der Waals surface area contributed by atoms with Crippen LogP contribution in [-0.4, -0.2) is 23.8 Å². The minimum atomic E-state index is -0.895. The molecule has 0 fully saturated rings. The Morgan fingerprint density at radius 2 is 2.15 bits per heavy atom. The second-order valence-corrected chi connectivity index (χ2v) is 3.47. The van der Waals surface area contributed by atoms with Crippen LogP contribution in [0.2, 0.25) is 0 Å². The summed E-state index contributed by atoms with van der Waals surface area (Å²) in [6.07, 6.45) is 0. The van der Waals surface area contributed by atoms with Gasteiger partial charge >= 0.3 is 5.97 Å². The molecule has 1 aromatic heterocycles. The fourth-order valence-electron chi connectivity index (χ4n) is 0.870. The highest BCUT2D eigenvalue weighted by molar-refractivity contribution is 7.15. The Morgan fingerprint density at radius 1 is 1.54 bits per heavy atom. The SMILES string of the molecule is CN/N=C(/C)c1ccc(C(=O)O)s1. The quantitative estimate of drug-likeness (QED) is 0.570. The third-order valence-corrected chi connectivity index (χ3v) is 2.63. The molecule has 4 nitrogen and oxygen atoms in total. The van der Waals surface area contributed by atoms with E-state index in [9.17, 15) is 4.79 Å². The predicted octanol–water partition coefficient (Wildman–Crippen LogP) is 1.39. The van der Waals surface area contributed by atoms with Crippen LogP contribution in [-0.2, 0) is 0 Å². The van der Waals surface area contributed by atoms with Crippen molar-refractivity contribution in [1.29, 1.82) is 0 Å². The maximum absolute atomic E-state index is 10.5. The van der Waals surface area contributed by atoms with Crippen molar-refractivity contribution in [3.05, 3.63) is 21.9 Å². The zero-order chi connectivity index (χ0) is 9.84. The molecule has 0 radical (unpaired) electrons. The first-order chi connectivity index (χ1) is 6.15. The Balaban J connectivity index is 2.92. The van der Waals surface area contributed by atoms with E-state index in [0.29, 0.717) is 4.88 Å². The third kappa shape index (κ3) is 2.29. The summed E-state index contributed by atoms with van der Waals surface area (Å²) in [7, 11) is 1.70. The van der Waals surface area contributed by atoms with Crippen LogP contribution in [0.4, 0.5) is 0 Å². The van der Waals surface area contributed by atoms with E-state index in [1.807, 2.05) is 6.92 Å². The zero-order valence-corrected chi connectivity index (χ0v) is 8.18. The number of nitrogens with zero attached hydrogens (tertiary/aromatic N) is 1.